The molecule has 1 aromatic heterocycles. The van der Waals surface area contributed by atoms with Crippen LogP contribution < -0.4 is 15.2 Å². The molecule has 0 amide bonds. The van der Waals surface area contributed by atoms with E-state index in [1.807, 2.05) is 12.1 Å². The van der Waals surface area contributed by atoms with Crippen LogP contribution in [0.5, 0.6) is 46.0 Å². The topological polar surface area (TPSA) is 239 Å². The lowest BCUT2D eigenvalue weighted by Crippen LogP contribution is -2.53. The van der Waals surface area contributed by atoms with Crippen molar-refractivity contribution in [2.75, 3.05) is 13.3 Å². The highest BCUT2D eigenvalue weighted by molar-refractivity contribution is 5.82. The summed E-state index contributed by atoms with van der Waals surface area (Å²) in [5, 5.41) is 95.5. The van der Waals surface area contributed by atoms with Gasteiger partial charge in [-0.25, -0.2) is 0 Å². The lowest BCUT2D eigenvalue weighted by Gasteiger charge is -2.57. The molecule has 8 fully saturated rings. The summed E-state index contributed by atoms with van der Waals surface area (Å²) < 4.78 is 13.1. The van der Waals surface area contributed by atoms with Crippen molar-refractivity contribution >= 4 is 5.78 Å². The van der Waals surface area contributed by atoms with Crippen molar-refractivity contribution in [3.05, 3.63) is 142 Å². The number of hydrogen-bond donors (Lipinski definition) is 10. The van der Waals surface area contributed by atoms with E-state index in [1.165, 1.54) is 86.2 Å². The molecule has 11 aliphatic carbocycles. The largest absolute Gasteiger partial charge is 0.508 e. The maximum atomic E-state index is 15.6. The zero-order valence-corrected chi connectivity index (χ0v) is 51.9. The fourth-order valence-corrected chi connectivity index (χ4v) is 24.4. The number of H-pyrrole nitrogens is 1. The lowest BCUT2D eigenvalue weighted by molar-refractivity contribution is -0.136. The van der Waals surface area contributed by atoms with Gasteiger partial charge in [-0.05, 0) is 261 Å². The van der Waals surface area contributed by atoms with Gasteiger partial charge >= 0.3 is 0 Å². The quantitative estimate of drug-likeness (QED) is 0.0384. The number of aryl methyl sites for hydroxylation is 1. The van der Waals surface area contributed by atoms with E-state index in [0.29, 0.717) is 50.5 Å². The van der Waals surface area contributed by atoms with Gasteiger partial charge in [0.2, 0.25) is 5.75 Å². The number of nitrogens with one attached hydrogen (secondary N) is 1. The van der Waals surface area contributed by atoms with E-state index in [2.05, 4.69) is 41.5 Å². The zero-order chi connectivity index (χ0) is 61.7. The third kappa shape index (κ3) is 8.44. The van der Waals surface area contributed by atoms with Gasteiger partial charge in [-0.15, -0.1) is 0 Å². The van der Waals surface area contributed by atoms with Crippen LogP contribution in [0.25, 0.3) is 11.3 Å². The van der Waals surface area contributed by atoms with E-state index in [0.717, 1.165) is 67.2 Å². The Bertz CT molecular complexity index is 3780. The summed E-state index contributed by atoms with van der Waals surface area (Å²) >= 11 is 0. The number of nitrogens with two attached hydrogens (primary N) is 1. The normalized spacial score (nSPS) is 33.5. The molecule has 13 nitrogen and oxygen atoms in total. The van der Waals surface area contributed by atoms with Crippen LogP contribution in [-0.4, -0.2) is 71.1 Å². The van der Waals surface area contributed by atoms with Gasteiger partial charge in [-0.3, -0.25) is 10.5 Å². The van der Waals surface area contributed by atoms with E-state index in [4.69, 9.17) is 15.2 Å². The zero-order valence-electron chi connectivity index (χ0n) is 51.9. The highest BCUT2D eigenvalue weighted by Crippen LogP contribution is 2.84. The standard InChI is InChI=1S/C77H90N2O11/c78-43-89-62-32-44(15-19-59(62)84)14-18-58(83)54-34-46(33-45-16-17-50(82)38-60(45)85)53-35-47-36-57(65(66(53)68(54)87)55-39-61(86)69(88)70(64(47)55)90-76(25-7-8-26-76)48-10-9-11-49(81)37-48)77-30-29-72(71(77)52-20-31-79-67(52)51-12-1-2-13-56(51)77)27-28-73(41-72)42-74(21-3-4-22-74)75(63(73)40-80)23-5-6-24-75/h1-2,9-13,15-17,19-20,31-32,37-39,46-47,53-54,57,63,65-66,68,71,79-82,84-88H,3-8,14,18,21-30,33-36,40-43,78H2/t46-,47-,53+,54-,57-,63-,65-,66+,68-,71-,72+,73-,77-/m0/s1. The Morgan fingerprint density at radius 3 is 2.22 bits per heavy atom. The molecule has 0 unspecified atom stereocenters. The number of aromatic amines is 1. The summed E-state index contributed by atoms with van der Waals surface area (Å²) in [5.41, 5.74) is 13.6. The predicted molar refractivity (Wildman–Crippen MR) is 342 cm³/mol. The molecule has 4 spiro atoms. The number of carbonyl (C=O) groups is 1. The van der Waals surface area contributed by atoms with Crippen LogP contribution in [0.15, 0.2) is 103 Å². The molecule has 6 aromatic rings. The number of hydrogen-bond acceptors (Lipinski definition) is 12. The fraction of sp³-hybridized carbons (Fsp3) is 0.545. The summed E-state index contributed by atoms with van der Waals surface area (Å²) in [6.07, 6.45) is 22.9. The smallest absolute Gasteiger partial charge is 0.200 e. The number of aliphatic hydroxyl groups excluding tert-OH is 2. The average Bonchev–Trinajstić information content (AvgIpc) is 1.48. The van der Waals surface area contributed by atoms with Crippen LogP contribution in [0.1, 0.15) is 198 Å². The Kier molecular flexibility index (Phi) is 13.9. The predicted octanol–water partition coefficient (Wildman–Crippen LogP) is 14.4. The van der Waals surface area contributed by atoms with Crippen molar-refractivity contribution in [1.29, 1.82) is 0 Å². The molecule has 474 valence electrons. The minimum atomic E-state index is -1.13. The number of aromatic nitrogens is 1. The number of ketones is 1. The number of fused-ring (bicyclic) bond motifs is 10. The molecule has 8 saturated carbocycles. The van der Waals surface area contributed by atoms with Crippen molar-refractivity contribution in [2.45, 2.75) is 189 Å². The van der Waals surface area contributed by atoms with Crippen molar-refractivity contribution < 1.29 is 55.1 Å². The maximum Gasteiger partial charge on any atom is 0.200 e. The molecule has 0 saturated heterocycles. The molecule has 5 aromatic carbocycles. The summed E-state index contributed by atoms with van der Waals surface area (Å²) in [6, 6.07) is 30.3. The Balaban J connectivity index is 0.890. The average molecular weight is 1220 g/mol. The first-order chi connectivity index (χ1) is 43.6. The first-order valence-electron chi connectivity index (χ1n) is 34.4. The third-order valence-corrected chi connectivity index (χ3v) is 27.3. The molecule has 11 N–H and O–H groups in total. The Morgan fingerprint density at radius 2 is 1.44 bits per heavy atom. The summed E-state index contributed by atoms with van der Waals surface area (Å²) in [4.78, 5) is 19.4. The van der Waals surface area contributed by atoms with Crippen molar-refractivity contribution in [1.82, 2.24) is 4.98 Å². The van der Waals surface area contributed by atoms with Crippen LogP contribution in [0.4, 0.5) is 0 Å². The molecule has 0 aliphatic heterocycles. The molecule has 13 atom stereocenters. The van der Waals surface area contributed by atoms with Gasteiger partial charge in [-0.1, -0.05) is 74.2 Å². The van der Waals surface area contributed by atoms with Crippen molar-refractivity contribution in [3.8, 4) is 57.3 Å². The number of rotatable bonds is 13. The van der Waals surface area contributed by atoms with Gasteiger partial charge in [0.25, 0.3) is 0 Å². The monoisotopic (exact) mass is 1220 g/mol. The lowest BCUT2D eigenvalue weighted by atomic mass is 9.47. The second kappa shape index (κ2) is 21.5. The number of phenolic OH excluding ortho intramolecular Hbond substituents is 6. The van der Waals surface area contributed by atoms with Crippen LogP contribution in [-0.2, 0) is 28.7 Å². The Morgan fingerprint density at radius 1 is 0.689 bits per heavy atom. The highest BCUT2D eigenvalue weighted by atomic mass is 16.5. The summed E-state index contributed by atoms with van der Waals surface area (Å²) in [5.74, 6) is -2.62. The fourth-order valence-electron chi connectivity index (χ4n) is 24.4. The maximum absolute atomic E-state index is 15.6. The van der Waals surface area contributed by atoms with Crippen molar-refractivity contribution in [3.63, 3.8) is 0 Å². The number of aromatic hydroxyl groups is 6. The molecule has 13 heteroatoms. The molecular weight excluding hydrogens is 1130 g/mol. The summed E-state index contributed by atoms with van der Waals surface area (Å²) in [7, 11) is 0. The van der Waals surface area contributed by atoms with Crippen LogP contribution in [0.2, 0.25) is 0 Å². The van der Waals surface area contributed by atoms with Gasteiger partial charge < -0.3 is 55.3 Å². The first-order valence-corrected chi connectivity index (χ1v) is 34.4. The number of aliphatic hydroxyl groups is 2. The van der Waals surface area contributed by atoms with E-state index in [1.54, 1.807) is 48.5 Å². The summed E-state index contributed by atoms with van der Waals surface area (Å²) in [6.45, 7) is 0.110. The van der Waals surface area contributed by atoms with E-state index >= 15 is 4.79 Å². The Hall–Kier alpha value is -6.67. The first kappa shape index (κ1) is 58.4. The SMILES string of the molecule is NCOc1cc(CCC(=O)[C@@H]2C[C@H](Cc3ccc(O)cc3O)[C@H]3C[C@H]4C[C@H]([C@@]56CC[C@@]7(CC[C@@]8(CC9(CCCC9)C9(CCCC9)[C@H]8CO)C7)[C@@H]5c5cc[nH]c5-c5ccccc56)[C@H](c5cc(O)c(O)c(OC6(c7cccc(O)c7)CCCC6)c54)[C@@H]3[C@H]2O)ccc1O. The number of benzene rings is 5. The molecule has 0 radical (unpaired) electrons. The number of ether oxygens (including phenoxy) is 2. The molecule has 17 rings (SSSR count). The highest BCUT2D eigenvalue weighted by Gasteiger charge is 2.76. The third-order valence-electron chi connectivity index (χ3n) is 27.3. The number of carbonyl (C=O) groups excluding carboxylic acids is 1. The van der Waals surface area contributed by atoms with Crippen LogP contribution >= 0.6 is 0 Å². The number of phenols is 6. The van der Waals surface area contributed by atoms with E-state index in [9.17, 15) is 40.9 Å². The van der Waals surface area contributed by atoms with Crippen molar-refractivity contribution in [2.24, 2.45) is 62.9 Å². The minimum Gasteiger partial charge on any atom is -0.508 e. The van der Waals surface area contributed by atoms with Gasteiger partial charge in [0.05, 0.1) is 6.10 Å². The second-order valence-corrected chi connectivity index (χ2v) is 30.7. The minimum absolute atomic E-state index is 0.00763. The van der Waals surface area contributed by atoms with E-state index in [-0.39, 0.29) is 129 Å². The molecular formula is C77H90N2O11. The van der Waals surface area contributed by atoms with Gasteiger partial charge in [0.15, 0.2) is 23.0 Å². The Labute approximate surface area is 528 Å². The molecule has 90 heavy (non-hydrogen) atoms. The number of Topliss-reactive ketones (excluding diaryl/α,β-unsaturated/α-hetero) is 1. The molecule has 1 heterocycles. The second-order valence-electron chi connectivity index (χ2n) is 30.7. The van der Waals surface area contributed by atoms with Gasteiger partial charge in [0.1, 0.15) is 35.4 Å². The van der Waals surface area contributed by atoms with Crippen LogP contribution in [0.3, 0.4) is 0 Å². The van der Waals surface area contributed by atoms with Gasteiger partial charge in [-0.2, -0.15) is 0 Å². The van der Waals surface area contributed by atoms with Gasteiger partial charge in [0, 0.05) is 59.4 Å². The molecule has 2 bridgehead atoms. The molecule has 11 aliphatic rings. The van der Waals surface area contributed by atoms with Crippen LogP contribution in [0, 0.1) is 57.2 Å². The van der Waals surface area contributed by atoms with E-state index < -0.39 is 34.9 Å².